The summed E-state index contributed by atoms with van der Waals surface area (Å²) in [4.78, 5) is 14.1. The van der Waals surface area contributed by atoms with E-state index in [4.69, 9.17) is 9.88 Å². The van der Waals surface area contributed by atoms with Gasteiger partial charge in [-0.3, -0.25) is 4.79 Å². The number of nitrogens with zero attached hydrogens (tertiary/aromatic N) is 1. The lowest BCUT2D eigenvalue weighted by molar-refractivity contribution is 0.0748. The molecule has 0 bridgehead atoms. The molecule has 0 aliphatic heterocycles. The Morgan fingerprint density at radius 1 is 1.24 bits per heavy atom. The van der Waals surface area contributed by atoms with Crippen LogP contribution in [0.3, 0.4) is 0 Å². The van der Waals surface area contributed by atoms with Crippen molar-refractivity contribution in [3.8, 4) is 5.75 Å². The SMILES string of the molecule is CCN(Cc1cccc(F)c1)C(=O)c1cc(S(N)(=O)=O)ccc1OC. The number of halogens is 1. The van der Waals surface area contributed by atoms with Crippen LogP contribution < -0.4 is 9.88 Å². The average Bonchev–Trinajstić information content (AvgIpc) is 2.57. The van der Waals surface area contributed by atoms with E-state index in [1.165, 1.54) is 42.3 Å². The minimum atomic E-state index is -3.96. The van der Waals surface area contributed by atoms with Gasteiger partial charge in [-0.15, -0.1) is 0 Å². The summed E-state index contributed by atoms with van der Waals surface area (Å²) in [5.74, 6) is -0.598. The molecule has 6 nitrogen and oxygen atoms in total. The third-order valence-corrected chi connectivity index (χ3v) is 4.57. The van der Waals surface area contributed by atoms with Crippen LogP contribution in [0.2, 0.25) is 0 Å². The normalized spacial score (nSPS) is 11.2. The Hall–Kier alpha value is -2.45. The zero-order valence-electron chi connectivity index (χ0n) is 13.9. The lowest BCUT2D eigenvalue weighted by atomic mass is 10.1. The Morgan fingerprint density at radius 3 is 2.52 bits per heavy atom. The Balaban J connectivity index is 2.39. The van der Waals surface area contributed by atoms with Gasteiger partial charge in [0, 0.05) is 13.1 Å². The quantitative estimate of drug-likeness (QED) is 0.848. The van der Waals surface area contributed by atoms with Crippen molar-refractivity contribution in [2.75, 3.05) is 13.7 Å². The number of benzene rings is 2. The van der Waals surface area contributed by atoms with E-state index >= 15 is 0 Å². The molecular weight excluding hydrogens is 347 g/mol. The van der Waals surface area contributed by atoms with E-state index in [0.717, 1.165) is 0 Å². The van der Waals surface area contributed by atoms with Gasteiger partial charge in [0.25, 0.3) is 5.91 Å². The van der Waals surface area contributed by atoms with Crippen molar-refractivity contribution >= 4 is 15.9 Å². The van der Waals surface area contributed by atoms with Crippen LogP contribution in [0.25, 0.3) is 0 Å². The van der Waals surface area contributed by atoms with Gasteiger partial charge in [0.05, 0.1) is 17.6 Å². The molecule has 0 atom stereocenters. The minimum absolute atomic E-state index is 0.0762. The van der Waals surface area contributed by atoms with Crippen molar-refractivity contribution < 1.29 is 22.3 Å². The summed E-state index contributed by atoms with van der Waals surface area (Å²) in [5.41, 5.74) is 0.698. The summed E-state index contributed by atoms with van der Waals surface area (Å²) in [5, 5.41) is 5.13. The number of primary sulfonamides is 1. The fourth-order valence-electron chi connectivity index (χ4n) is 2.38. The molecule has 134 valence electrons. The number of amides is 1. The molecule has 2 aromatic rings. The minimum Gasteiger partial charge on any atom is -0.496 e. The highest BCUT2D eigenvalue weighted by Crippen LogP contribution is 2.24. The zero-order chi connectivity index (χ0) is 18.6. The molecule has 2 rings (SSSR count). The fraction of sp³-hybridized carbons (Fsp3) is 0.235. The van der Waals surface area contributed by atoms with E-state index in [2.05, 4.69) is 0 Å². The van der Waals surface area contributed by atoms with Gasteiger partial charge in [0.15, 0.2) is 0 Å². The molecule has 0 radical (unpaired) electrons. The smallest absolute Gasteiger partial charge is 0.257 e. The highest BCUT2D eigenvalue weighted by Gasteiger charge is 2.21. The van der Waals surface area contributed by atoms with Crippen molar-refractivity contribution in [2.45, 2.75) is 18.4 Å². The fourth-order valence-corrected chi connectivity index (χ4v) is 2.92. The first-order valence-corrected chi connectivity index (χ1v) is 9.05. The molecule has 0 aliphatic carbocycles. The van der Waals surface area contributed by atoms with E-state index in [9.17, 15) is 17.6 Å². The second kappa shape index (κ2) is 7.62. The summed E-state index contributed by atoms with van der Waals surface area (Å²) in [6, 6.07) is 9.76. The van der Waals surface area contributed by atoms with Crippen molar-refractivity contribution in [2.24, 2.45) is 5.14 Å². The van der Waals surface area contributed by atoms with E-state index in [1.807, 2.05) is 0 Å². The summed E-state index contributed by atoms with van der Waals surface area (Å²) in [6.07, 6.45) is 0. The lowest BCUT2D eigenvalue weighted by Gasteiger charge is -2.22. The van der Waals surface area contributed by atoms with Crippen LogP contribution in [0.1, 0.15) is 22.8 Å². The van der Waals surface area contributed by atoms with Crippen molar-refractivity contribution in [3.05, 3.63) is 59.4 Å². The van der Waals surface area contributed by atoms with E-state index in [-0.39, 0.29) is 22.8 Å². The molecule has 8 heteroatoms. The van der Waals surface area contributed by atoms with Gasteiger partial charge in [-0.05, 0) is 42.8 Å². The highest BCUT2D eigenvalue weighted by molar-refractivity contribution is 7.89. The number of hydrogen-bond acceptors (Lipinski definition) is 4. The average molecular weight is 366 g/mol. The van der Waals surface area contributed by atoms with Gasteiger partial charge in [-0.2, -0.15) is 0 Å². The van der Waals surface area contributed by atoms with E-state index in [0.29, 0.717) is 12.1 Å². The van der Waals surface area contributed by atoms with Crippen molar-refractivity contribution in [1.82, 2.24) is 4.90 Å². The largest absolute Gasteiger partial charge is 0.496 e. The molecule has 0 fully saturated rings. The van der Waals surface area contributed by atoms with E-state index in [1.54, 1.807) is 19.1 Å². The molecule has 1 amide bonds. The van der Waals surface area contributed by atoms with Crippen LogP contribution in [0.4, 0.5) is 4.39 Å². The monoisotopic (exact) mass is 366 g/mol. The van der Waals surface area contributed by atoms with E-state index < -0.39 is 21.7 Å². The number of nitrogens with two attached hydrogens (primary N) is 1. The highest BCUT2D eigenvalue weighted by atomic mass is 32.2. The molecule has 0 saturated carbocycles. The lowest BCUT2D eigenvalue weighted by Crippen LogP contribution is -2.31. The Bertz CT molecular complexity index is 884. The summed E-state index contributed by atoms with van der Waals surface area (Å²) in [7, 11) is -2.58. The summed E-state index contributed by atoms with van der Waals surface area (Å²) < 4.78 is 41.6. The number of rotatable bonds is 6. The number of hydrogen-bond donors (Lipinski definition) is 1. The molecule has 0 aromatic heterocycles. The third kappa shape index (κ3) is 4.55. The van der Waals surface area contributed by atoms with Crippen LogP contribution in [-0.2, 0) is 16.6 Å². The number of sulfonamides is 1. The van der Waals surface area contributed by atoms with Gasteiger partial charge in [0.2, 0.25) is 10.0 Å². The van der Waals surface area contributed by atoms with Gasteiger partial charge >= 0.3 is 0 Å². The van der Waals surface area contributed by atoms with Crippen LogP contribution in [0.15, 0.2) is 47.4 Å². The van der Waals surface area contributed by atoms with Crippen molar-refractivity contribution in [3.63, 3.8) is 0 Å². The second-order valence-corrected chi connectivity index (χ2v) is 6.92. The van der Waals surface area contributed by atoms with Crippen LogP contribution >= 0.6 is 0 Å². The standard InChI is InChI=1S/C17H19FN2O4S/c1-3-20(11-12-5-4-6-13(18)9-12)17(21)15-10-14(25(19,22)23)7-8-16(15)24-2/h4-10H,3,11H2,1-2H3,(H2,19,22,23). The van der Waals surface area contributed by atoms with Crippen molar-refractivity contribution in [1.29, 1.82) is 0 Å². The number of carbonyl (C=O) groups excluding carboxylic acids is 1. The molecule has 2 N–H and O–H groups in total. The number of carbonyl (C=O) groups is 1. The number of ether oxygens (including phenoxy) is 1. The molecule has 25 heavy (non-hydrogen) atoms. The molecule has 0 spiro atoms. The molecule has 0 aliphatic rings. The zero-order valence-corrected chi connectivity index (χ0v) is 14.7. The predicted octanol–water partition coefficient (Wildman–Crippen LogP) is 2.14. The maximum Gasteiger partial charge on any atom is 0.257 e. The number of methoxy groups -OCH3 is 1. The Morgan fingerprint density at radius 2 is 1.96 bits per heavy atom. The predicted molar refractivity (Wildman–Crippen MR) is 91.2 cm³/mol. The first-order chi connectivity index (χ1) is 11.8. The second-order valence-electron chi connectivity index (χ2n) is 5.36. The molecule has 0 unspecified atom stereocenters. The third-order valence-electron chi connectivity index (χ3n) is 3.66. The summed E-state index contributed by atoms with van der Waals surface area (Å²) in [6.45, 7) is 2.29. The van der Waals surface area contributed by atoms with Crippen LogP contribution in [-0.4, -0.2) is 32.9 Å². The maximum absolute atomic E-state index is 13.3. The summed E-state index contributed by atoms with van der Waals surface area (Å²) >= 11 is 0. The Kier molecular flexibility index (Phi) is 5.76. The van der Waals surface area contributed by atoms with Gasteiger partial charge in [-0.1, -0.05) is 12.1 Å². The Labute approximate surface area is 146 Å². The van der Waals surface area contributed by atoms with Gasteiger partial charge in [-0.25, -0.2) is 17.9 Å². The van der Waals surface area contributed by atoms with Crippen LogP contribution in [0, 0.1) is 5.82 Å². The molecule has 0 heterocycles. The topological polar surface area (TPSA) is 89.7 Å². The molecule has 0 saturated heterocycles. The molecular formula is C17H19FN2O4S. The first kappa shape index (κ1) is 18.9. The van der Waals surface area contributed by atoms with Gasteiger partial charge in [0.1, 0.15) is 11.6 Å². The maximum atomic E-state index is 13.3. The first-order valence-electron chi connectivity index (χ1n) is 7.50. The van der Waals surface area contributed by atoms with Gasteiger partial charge < -0.3 is 9.64 Å². The molecule has 2 aromatic carbocycles. The van der Waals surface area contributed by atoms with Crippen LogP contribution in [0.5, 0.6) is 5.75 Å².